The van der Waals surface area contributed by atoms with Crippen LogP contribution in [-0.4, -0.2) is 37.6 Å². The molecular formula is C19H27N3O3. The van der Waals surface area contributed by atoms with Crippen LogP contribution >= 0.6 is 0 Å². The van der Waals surface area contributed by atoms with Gasteiger partial charge in [-0.2, -0.15) is 0 Å². The first-order valence-corrected chi connectivity index (χ1v) is 9.24. The molecule has 2 heterocycles. The average Bonchev–Trinajstić information content (AvgIpc) is 3.17. The fourth-order valence-electron chi connectivity index (χ4n) is 3.37. The molecule has 0 aliphatic carbocycles. The highest BCUT2D eigenvalue weighted by atomic mass is 16.5. The quantitative estimate of drug-likeness (QED) is 0.740. The summed E-state index contributed by atoms with van der Waals surface area (Å²) < 4.78 is 5.37. The Kier molecular flexibility index (Phi) is 6.42. The van der Waals surface area contributed by atoms with Crippen molar-refractivity contribution in [1.82, 2.24) is 5.32 Å². The number of carbonyl (C=O) groups is 2. The molecule has 1 unspecified atom stereocenters. The number of nitrogens with one attached hydrogen (secondary N) is 3. The van der Waals surface area contributed by atoms with Gasteiger partial charge in [0.15, 0.2) is 0 Å². The van der Waals surface area contributed by atoms with E-state index >= 15 is 0 Å². The summed E-state index contributed by atoms with van der Waals surface area (Å²) in [6.07, 6.45) is 5.19. The molecule has 2 fully saturated rings. The van der Waals surface area contributed by atoms with Gasteiger partial charge in [0.1, 0.15) is 6.10 Å². The Hall–Kier alpha value is -1.92. The topological polar surface area (TPSA) is 79.5 Å². The van der Waals surface area contributed by atoms with Crippen molar-refractivity contribution < 1.29 is 14.3 Å². The lowest BCUT2D eigenvalue weighted by molar-refractivity contribution is -0.124. The summed E-state index contributed by atoms with van der Waals surface area (Å²) in [5.41, 5.74) is 1.47. The van der Waals surface area contributed by atoms with E-state index in [0.717, 1.165) is 50.9 Å². The average molecular weight is 345 g/mol. The van der Waals surface area contributed by atoms with Crippen molar-refractivity contribution in [3.05, 3.63) is 24.3 Å². The van der Waals surface area contributed by atoms with Gasteiger partial charge in [-0.15, -0.1) is 0 Å². The molecule has 6 nitrogen and oxygen atoms in total. The van der Waals surface area contributed by atoms with Crippen LogP contribution in [-0.2, 0) is 14.3 Å². The minimum atomic E-state index is -0.339. The molecule has 2 aliphatic heterocycles. The minimum absolute atomic E-state index is 0.0506. The number of hydrogen-bond acceptors (Lipinski definition) is 4. The molecule has 0 saturated carbocycles. The molecule has 2 amide bonds. The SMILES string of the molecule is O=C(CCC1CCNCC1)Nc1ccc(NC(=O)C2CCCO2)cc1. The van der Waals surface area contributed by atoms with Crippen LogP contribution in [0.25, 0.3) is 0 Å². The normalized spacial score (nSPS) is 21.0. The molecule has 25 heavy (non-hydrogen) atoms. The lowest BCUT2D eigenvalue weighted by Crippen LogP contribution is -2.28. The summed E-state index contributed by atoms with van der Waals surface area (Å²) >= 11 is 0. The summed E-state index contributed by atoms with van der Waals surface area (Å²) in [7, 11) is 0. The van der Waals surface area contributed by atoms with Crippen LogP contribution in [0.5, 0.6) is 0 Å². The molecule has 0 radical (unpaired) electrons. The second kappa shape index (κ2) is 8.97. The predicted molar refractivity (Wildman–Crippen MR) is 97.5 cm³/mol. The minimum Gasteiger partial charge on any atom is -0.368 e. The van der Waals surface area contributed by atoms with E-state index in [1.54, 1.807) is 12.1 Å². The zero-order chi connectivity index (χ0) is 17.5. The van der Waals surface area contributed by atoms with Crippen LogP contribution in [0.15, 0.2) is 24.3 Å². The summed E-state index contributed by atoms with van der Waals surface area (Å²) in [6.45, 7) is 2.77. The fraction of sp³-hybridized carbons (Fsp3) is 0.579. The fourth-order valence-corrected chi connectivity index (χ4v) is 3.37. The predicted octanol–water partition coefficient (Wildman–Crippen LogP) is 2.52. The molecule has 0 bridgehead atoms. The second-order valence-electron chi connectivity index (χ2n) is 6.85. The summed E-state index contributed by atoms with van der Waals surface area (Å²) in [4.78, 5) is 24.1. The number of benzene rings is 1. The van der Waals surface area contributed by atoms with Crippen LogP contribution in [0.2, 0.25) is 0 Å². The van der Waals surface area contributed by atoms with Gasteiger partial charge in [-0.25, -0.2) is 0 Å². The lowest BCUT2D eigenvalue weighted by atomic mass is 9.93. The third-order valence-corrected chi connectivity index (χ3v) is 4.90. The van der Waals surface area contributed by atoms with Crippen molar-refractivity contribution in [2.75, 3.05) is 30.3 Å². The third kappa shape index (κ3) is 5.54. The number of ether oxygens (including phenoxy) is 1. The number of hydrogen-bond donors (Lipinski definition) is 3. The second-order valence-corrected chi connectivity index (χ2v) is 6.85. The molecule has 136 valence electrons. The van der Waals surface area contributed by atoms with Crippen molar-refractivity contribution >= 4 is 23.2 Å². The summed E-state index contributed by atoms with van der Waals surface area (Å²) in [5, 5.41) is 9.12. The number of carbonyl (C=O) groups excluding carboxylic acids is 2. The Bertz CT molecular complexity index is 576. The lowest BCUT2D eigenvalue weighted by Gasteiger charge is -2.22. The van der Waals surface area contributed by atoms with Gasteiger partial charge in [-0.3, -0.25) is 9.59 Å². The zero-order valence-corrected chi connectivity index (χ0v) is 14.6. The number of anilines is 2. The van der Waals surface area contributed by atoms with E-state index in [1.807, 2.05) is 12.1 Å². The highest BCUT2D eigenvalue weighted by Crippen LogP contribution is 2.20. The van der Waals surface area contributed by atoms with E-state index in [-0.39, 0.29) is 17.9 Å². The highest BCUT2D eigenvalue weighted by Gasteiger charge is 2.23. The third-order valence-electron chi connectivity index (χ3n) is 4.90. The van der Waals surface area contributed by atoms with E-state index in [1.165, 1.54) is 0 Å². The maximum absolute atomic E-state index is 12.1. The number of rotatable bonds is 6. The first kappa shape index (κ1) is 17.9. The van der Waals surface area contributed by atoms with Crippen LogP contribution in [0.1, 0.15) is 38.5 Å². The number of piperidine rings is 1. The molecule has 1 aromatic rings. The van der Waals surface area contributed by atoms with Crippen LogP contribution < -0.4 is 16.0 Å². The van der Waals surface area contributed by atoms with Gasteiger partial charge >= 0.3 is 0 Å². The van der Waals surface area contributed by atoms with Gasteiger partial charge in [-0.05, 0) is 75.4 Å². The van der Waals surface area contributed by atoms with Gasteiger partial charge in [0.2, 0.25) is 5.91 Å². The van der Waals surface area contributed by atoms with Crippen LogP contribution in [0, 0.1) is 5.92 Å². The summed E-state index contributed by atoms with van der Waals surface area (Å²) in [6, 6.07) is 7.23. The van der Waals surface area contributed by atoms with Crippen LogP contribution in [0.4, 0.5) is 11.4 Å². The van der Waals surface area contributed by atoms with Crippen molar-refractivity contribution in [2.45, 2.75) is 44.6 Å². The van der Waals surface area contributed by atoms with E-state index in [0.29, 0.717) is 24.6 Å². The first-order chi connectivity index (χ1) is 12.2. The standard InChI is InChI=1S/C19H27N3O3/c23-18(8-3-14-9-11-20-12-10-14)21-15-4-6-16(7-5-15)22-19(24)17-2-1-13-25-17/h4-7,14,17,20H,1-3,8-13H2,(H,21,23)(H,22,24). The smallest absolute Gasteiger partial charge is 0.253 e. The largest absolute Gasteiger partial charge is 0.368 e. The Morgan fingerprint density at radius 3 is 2.36 bits per heavy atom. The Labute approximate surface area is 148 Å². The molecule has 6 heteroatoms. The van der Waals surface area contributed by atoms with E-state index in [2.05, 4.69) is 16.0 Å². The maximum Gasteiger partial charge on any atom is 0.253 e. The number of amides is 2. The Morgan fingerprint density at radius 1 is 1.04 bits per heavy atom. The van der Waals surface area contributed by atoms with Gasteiger partial charge in [0.25, 0.3) is 5.91 Å². The van der Waals surface area contributed by atoms with Gasteiger partial charge in [0, 0.05) is 24.4 Å². The molecule has 1 aromatic carbocycles. The Balaban J connectivity index is 1.42. The molecule has 0 aromatic heterocycles. The van der Waals surface area contributed by atoms with Crippen molar-refractivity contribution in [3.63, 3.8) is 0 Å². The van der Waals surface area contributed by atoms with Crippen molar-refractivity contribution in [3.8, 4) is 0 Å². The first-order valence-electron chi connectivity index (χ1n) is 9.24. The molecule has 2 aliphatic rings. The molecular weight excluding hydrogens is 318 g/mol. The van der Waals surface area contributed by atoms with E-state index in [9.17, 15) is 9.59 Å². The molecule has 3 rings (SSSR count). The molecule has 0 spiro atoms. The van der Waals surface area contributed by atoms with Crippen molar-refractivity contribution in [1.29, 1.82) is 0 Å². The molecule has 1 atom stereocenters. The Morgan fingerprint density at radius 2 is 1.72 bits per heavy atom. The van der Waals surface area contributed by atoms with E-state index < -0.39 is 0 Å². The van der Waals surface area contributed by atoms with Gasteiger partial charge < -0.3 is 20.7 Å². The zero-order valence-electron chi connectivity index (χ0n) is 14.6. The monoisotopic (exact) mass is 345 g/mol. The van der Waals surface area contributed by atoms with Gasteiger partial charge in [0.05, 0.1) is 0 Å². The van der Waals surface area contributed by atoms with Crippen LogP contribution in [0.3, 0.4) is 0 Å². The molecule has 2 saturated heterocycles. The van der Waals surface area contributed by atoms with Gasteiger partial charge in [-0.1, -0.05) is 0 Å². The highest BCUT2D eigenvalue weighted by molar-refractivity contribution is 5.95. The van der Waals surface area contributed by atoms with E-state index in [4.69, 9.17) is 4.74 Å². The van der Waals surface area contributed by atoms with Crippen molar-refractivity contribution in [2.24, 2.45) is 5.92 Å². The maximum atomic E-state index is 12.1. The summed E-state index contributed by atoms with van der Waals surface area (Å²) in [5.74, 6) is 0.605. The molecule has 3 N–H and O–H groups in total.